The molecular weight excluding hydrogens is 316 g/mol. The summed E-state index contributed by atoms with van der Waals surface area (Å²) in [7, 11) is -3.78. The van der Waals surface area contributed by atoms with Crippen LogP contribution < -0.4 is 4.72 Å². The maximum atomic E-state index is 12.2. The quantitative estimate of drug-likeness (QED) is 0.795. The number of nitrogens with zero attached hydrogens (tertiary/aromatic N) is 1. The van der Waals surface area contributed by atoms with Crippen LogP contribution >= 0.6 is 11.6 Å². The van der Waals surface area contributed by atoms with Crippen molar-refractivity contribution in [1.82, 2.24) is 5.16 Å². The maximum absolute atomic E-state index is 12.2. The third-order valence-electron chi connectivity index (χ3n) is 2.67. The van der Waals surface area contributed by atoms with Crippen molar-refractivity contribution in [1.29, 1.82) is 0 Å². The Morgan fingerprint density at radius 1 is 1.19 bits per heavy atom. The van der Waals surface area contributed by atoms with E-state index in [1.165, 1.54) is 30.7 Å². The van der Waals surface area contributed by atoms with Crippen molar-refractivity contribution in [2.75, 3.05) is 4.72 Å². The smallest absolute Gasteiger partial charge is 0.264 e. The van der Waals surface area contributed by atoms with E-state index in [9.17, 15) is 8.42 Å². The molecule has 3 rings (SSSR count). The van der Waals surface area contributed by atoms with Crippen LogP contribution in [0.5, 0.6) is 0 Å². The molecule has 1 N–H and O–H groups in total. The molecule has 0 unspecified atom stereocenters. The molecule has 6 nitrogen and oxygen atoms in total. The molecule has 0 saturated heterocycles. The molecule has 8 heteroatoms. The standard InChI is InChI=1S/C13H9ClN2O4S/c14-10-2-1-3-11(6-10)21(17,18)16-13-7-12(15-20-13)9-4-5-19-8-9/h1-8,16H. The van der Waals surface area contributed by atoms with Crippen molar-refractivity contribution in [2.45, 2.75) is 4.90 Å². The van der Waals surface area contributed by atoms with Gasteiger partial charge in [0.1, 0.15) is 5.69 Å². The average Bonchev–Trinajstić information content (AvgIpc) is 3.08. The molecular formula is C13H9ClN2O4S. The number of furan rings is 1. The number of hydrogen-bond donors (Lipinski definition) is 1. The van der Waals surface area contributed by atoms with Crippen LogP contribution in [-0.2, 0) is 10.0 Å². The second-order valence-corrected chi connectivity index (χ2v) is 6.27. The molecule has 0 bridgehead atoms. The Bertz CT molecular complexity index is 856. The van der Waals surface area contributed by atoms with Crippen molar-refractivity contribution in [3.8, 4) is 11.3 Å². The Morgan fingerprint density at radius 2 is 2.05 bits per heavy atom. The van der Waals surface area contributed by atoms with Crippen LogP contribution in [0, 0.1) is 0 Å². The monoisotopic (exact) mass is 324 g/mol. The molecule has 0 radical (unpaired) electrons. The summed E-state index contributed by atoms with van der Waals surface area (Å²) in [6.45, 7) is 0. The number of nitrogens with one attached hydrogen (secondary N) is 1. The Balaban J connectivity index is 1.86. The van der Waals surface area contributed by atoms with Gasteiger partial charge in [-0.2, -0.15) is 0 Å². The highest BCUT2D eigenvalue weighted by Gasteiger charge is 2.17. The van der Waals surface area contributed by atoms with Gasteiger partial charge >= 0.3 is 0 Å². The lowest BCUT2D eigenvalue weighted by Gasteiger charge is -2.04. The third kappa shape index (κ3) is 2.93. The molecule has 0 saturated carbocycles. The fourth-order valence-corrected chi connectivity index (χ4v) is 2.97. The number of halogens is 1. The fourth-order valence-electron chi connectivity index (χ4n) is 1.70. The Labute approximate surface area is 125 Å². The molecule has 0 atom stereocenters. The highest BCUT2D eigenvalue weighted by Crippen LogP contribution is 2.24. The molecule has 2 aromatic heterocycles. The minimum Gasteiger partial charge on any atom is -0.472 e. The topological polar surface area (TPSA) is 85.3 Å². The summed E-state index contributed by atoms with van der Waals surface area (Å²) in [6.07, 6.45) is 2.97. The lowest BCUT2D eigenvalue weighted by atomic mass is 10.2. The Hall–Kier alpha value is -2.25. The number of rotatable bonds is 4. The van der Waals surface area contributed by atoms with E-state index in [-0.39, 0.29) is 10.8 Å². The second-order valence-electron chi connectivity index (χ2n) is 4.15. The summed E-state index contributed by atoms with van der Waals surface area (Å²) in [6, 6.07) is 9.07. The van der Waals surface area contributed by atoms with Crippen LogP contribution in [0.15, 0.2) is 62.8 Å². The predicted octanol–water partition coefficient (Wildman–Crippen LogP) is 3.39. The van der Waals surface area contributed by atoms with Gasteiger partial charge in [-0.1, -0.05) is 22.8 Å². The van der Waals surface area contributed by atoms with Crippen LogP contribution in [-0.4, -0.2) is 13.6 Å². The number of benzene rings is 1. The Kier molecular flexibility index (Phi) is 3.44. The van der Waals surface area contributed by atoms with Crippen LogP contribution in [0.1, 0.15) is 0 Å². The van der Waals surface area contributed by atoms with E-state index in [4.69, 9.17) is 20.5 Å². The van der Waals surface area contributed by atoms with Crippen LogP contribution in [0.3, 0.4) is 0 Å². The summed E-state index contributed by atoms with van der Waals surface area (Å²) in [4.78, 5) is 0.0382. The zero-order valence-corrected chi connectivity index (χ0v) is 12.1. The van der Waals surface area contributed by atoms with Gasteiger partial charge in [-0.3, -0.25) is 0 Å². The van der Waals surface area contributed by atoms with E-state index in [1.807, 2.05) is 0 Å². The normalized spacial score (nSPS) is 11.5. The van der Waals surface area contributed by atoms with Crippen LogP contribution in [0.2, 0.25) is 5.02 Å². The van der Waals surface area contributed by atoms with Gasteiger partial charge in [0.05, 0.1) is 17.4 Å². The number of anilines is 1. The molecule has 0 aliphatic rings. The molecule has 0 spiro atoms. The maximum Gasteiger partial charge on any atom is 0.264 e. The lowest BCUT2D eigenvalue weighted by Crippen LogP contribution is -2.12. The van der Waals surface area contributed by atoms with Crippen molar-refractivity contribution in [3.63, 3.8) is 0 Å². The van der Waals surface area contributed by atoms with E-state index >= 15 is 0 Å². The van der Waals surface area contributed by atoms with Crippen LogP contribution in [0.4, 0.5) is 5.88 Å². The summed E-state index contributed by atoms with van der Waals surface area (Å²) >= 11 is 5.79. The highest BCUT2D eigenvalue weighted by atomic mass is 35.5. The number of sulfonamides is 1. The molecule has 3 aromatic rings. The second kappa shape index (κ2) is 5.27. The number of hydrogen-bond acceptors (Lipinski definition) is 5. The first-order valence-corrected chi connectivity index (χ1v) is 7.68. The van der Waals surface area contributed by atoms with Gasteiger partial charge in [-0.25, -0.2) is 13.1 Å². The largest absolute Gasteiger partial charge is 0.472 e. The summed E-state index contributed by atoms with van der Waals surface area (Å²) in [5, 5.41) is 4.09. The van der Waals surface area contributed by atoms with Crippen molar-refractivity contribution in [3.05, 3.63) is 53.9 Å². The van der Waals surface area contributed by atoms with Gasteiger partial charge < -0.3 is 8.94 Å². The van der Waals surface area contributed by atoms with Crippen molar-refractivity contribution >= 4 is 27.5 Å². The van der Waals surface area contributed by atoms with Gasteiger partial charge in [-0.15, -0.1) is 0 Å². The van der Waals surface area contributed by atoms with Gasteiger partial charge in [0.25, 0.3) is 10.0 Å². The zero-order chi connectivity index (χ0) is 14.9. The van der Waals surface area contributed by atoms with Gasteiger partial charge in [-0.05, 0) is 24.3 Å². The van der Waals surface area contributed by atoms with Gasteiger partial charge in [0.2, 0.25) is 5.88 Å². The molecule has 0 fully saturated rings. The number of aromatic nitrogens is 1. The summed E-state index contributed by atoms with van der Waals surface area (Å²) in [5.41, 5.74) is 1.15. The van der Waals surface area contributed by atoms with E-state index in [2.05, 4.69) is 9.88 Å². The van der Waals surface area contributed by atoms with Crippen molar-refractivity contribution in [2.24, 2.45) is 0 Å². The zero-order valence-electron chi connectivity index (χ0n) is 10.5. The lowest BCUT2D eigenvalue weighted by molar-refractivity contribution is 0.438. The summed E-state index contributed by atoms with van der Waals surface area (Å²) < 4.78 is 36.5. The first kappa shape index (κ1) is 13.7. The first-order valence-electron chi connectivity index (χ1n) is 5.82. The third-order valence-corrected chi connectivity index (χ3v) is 4.25. The molecule has 1 aromatic carbocycles. The SMILES string of the molecule is O=S(=O)(Nc1cc(-c2ccoc2)no1)c1cccc(Cl)c1. The average molecular weight is 325 g/mol. The molecule has 0 aliphatic heterocycles. The summed E-state index contributed by atoms with van der Waals surface area (Å²) in [5.74, 6) is 0.00572. The first-order chi connectivity index (χ1) is 10.0. The molecule has 108 valence electrons. The van der Waals surface area contributed by atoms with E-state index in [1.54, 1.807) is 18.2 Å². The van der Waals surface area contributed by atoms with Gasteiger partial charge in [0, 0.05) is 16.7 Å². The van der Waals surface area contributed by atoms with E-state index in [0.717, 1.165) is 0 Å². The fraction of sp³-hybridized carbons (Fsp3) is 0. The van der Waals surface area contributed by atoms with Crippen molar-refractivity contribution < 1.29 is 17.4 Å². The predicted molar refractivity (Wildman–Crippen MR) is 76.5 cm³/mol. The van der Waals surface area contributed by atoms with E-state index < -0.39 is 10.0 Å². The molecule has 0 aliphatic carbocycles. The minimum atomic E-state index is -3.78. The van der Waals surface area contributed by atoms with Gasteiger partial charge in [0.15, 0.2) is 0 Å². The minimum absolute atomic E-state index is 0.00572. The highest BCUT2D eigenvalue weighted by molar-refractivity contribution is 7.92. The van der Waals surface area contributed by atoms with E-state index in [0.29, 0.717) is 16.3 Å². The van der Waals surface area contributed by atoms with Crippen LogP contribution in [0.25, 0.3) is 11.3 Å². The molecule has 21 heavy (non-hydrogen) atoms. The Morgan fingerprint density at radius 3 is 2.76 bits per heavy atom. The molecule has 2 heterocycles. The molecule has 0 amide bonds.